The van der Waals surface area contributed by atoms with Gasteiger partial charge in [-0.15, -0.1) is 0 Å². The molecule has 0 aliphatic heterocycles. The van der Waals surface area contributed by atoms with Crippen LogP contribution >= 0.6 is 0 Å². The lowest BCUT2D eigenvalue weighted by atomic mass is 9.95. The molecule has 3 nitrogen and oxygen atoms in total. The van der Waals surface area contributed by atoms with Crippen LogP contribution in [0.25, 0.3) is 16.8 Å². The van der Waals surface area contributed by atoms with E-state index in [0.717, 1.165) is 17.4 Å². The third-order valence-corrected chi connectivity index (χ3v) is 2.68. The van der Waals surface area contributed by atoms with Gasteiger partial charge in [0.15, 0.2) is 0 Å². The van der Waals surface area contributed by atoms with E-state index in [-0.39, 0.29) is 5.95 Å². The maximum atomic E-state index is 11.5. The second-order valence-corrected chi connectivity index (χ2v) is 3.55. The molecule has 1 aromatic heterocycles. The molecule has 1 N–H and O–H groups in total. The smallest absolute Gasteiger partial charge is 0.346 e. The zero-order valence-corrected chi connectivity index (χ0v) is 7.86. The van der Waals surface area contributed by atoms with Crippen LogP contribution in [0.4, 0.5) is 0 Å². The minimum atomic E-state index is -0.483. The Balaban J connectivity index is 2.65. The molecule has 2 aromatic rings. The SMILES string of the molecule is O=c1oc(O)c2c3c(cccc13)CC=C2. The number of rotatable bonds is 0. The molecule has 0 spiro atoms. The van der Waals surface area contributed by atoms with Gasteiger partial charge in [-0.05, 0) is 18.1 Å². The number of aromatic hydroxyl groups is 1. The van der Waals surface area contributed by atoms with Gasteiger partial charge in [-0.2, -0.15) is 0 Å². The average molecular weight is 200 g/mol. The van der Waals surface area contributed by atoms with E-state index in [4.69, 9.17) is 4.42 Å². The van der Waals surface area contributed by atoms with Crippen molar-refractivity contribution in [2.75, 3.05) is 0 Å². The fourth-order valence-corrected chi connectivity index (χ4v) is 2.02. The first-order valence-electron chi connectivity index (χ1n) is 4.71. The molecule has 0 saturated carbocycles. The highest BCUT2D eigenvalue weighted by Gasteiger charge is 2.15. The van der Waals surface area contributed by atoms with Crippen LogP contribution in [0.15, 0.2) is 33.5 Å². The number of hydrogen-bond donors (Lipinski definition) is 1. The van der Waals surface area contributed by atoms with Crippen molar-refractivity contribution in [3.63, 3.8) is 0 Å². The molecule has 1 aromatic carbocycles. The van der Waals surface area contributed by atoms with Gasteiger partial charge in [-0.3, -0.25) is 0 Å². The minimum absolute atomic E-state index is 0.295. The van der Waals surface area contributed by atoms with Crippen LogP contribution < -0.4 is 5.63 Å². The second-order valence-electron chi connectivity index (χ2n) is 3.55. The zero-order chi connectivity index (χ0) is 10.4. The monoisotopic (exact) mass is 200 g/mol. The molecule has 1 aliphatic rings. The summed E-state index contributed by atoms with van der Waals surface area (Å²) in [5, 5.41) is 10.9. The van der Waals surface area contributed by atoms with Crippen LogP contribution in [0.3, 0.4) is 0 Å². The Hall–Kier alpha value is -2.03. The molecule has 3 heteroatoms. The minimum Gasteiger partial charge on any atom is -0.480 e. The third kappa shape index (κ3) is 1.03. The largest absolute Gasteiger partial charge is 0.480 e. The van der Waals surface area contributed by atoms with Gasteiger partial charge in [-0.1, -0.05) is 24.3 Å². The van der Waals surface area contributed by atoms with E-state index in [0.29, 0.717) is 10.9 Å². The molecule has 0 atom stereocenters. The molecule has 0 saturated heterocycles. The molecule has 0 bridgehead atoms. The Labute approximate surface area is 85.3 Å². The molecule has 0 unspecified atom stereocenters. The molecule has 0 radical (unpaired) electrons. The summed E-state index contributed by atoms with van der Waals surface area (Å²) in [4.78, 5) is 11.5. The zero-order valence-electron chi connectivity index (χ0n) is 7.86. The summed E-state index contributed by atoms with van der Waals surface area (Å²) in [5.41, 5.74) is 1.17. The van der Waals surface area contributed by atoms with Crippen LogP contribution in [0, 0.1) is 0 Å². The summed E-state index contributed by atoms with van der Waals surface area (Å²) >= 11 is 0. The van der Waals surface area contributed by atoms with Crippen molar-refractivity contribution >= 4 is 16.8 Å². The van der Waals surface area contributed by atoms with Gasteiger partial charge in [0.1, 0.15) is 0 Å². The Kier molecular flexibility index (Phi) is 1.51. The van der Waals surface area contributed by atoms with Crippen molar-refractivity contribution in [1.82, 2.24) is 0 Å². The normalized spacial score (nSPS) is 13.3. The highest BCUT2D eigenvalue weighted by atomic mass is 16.5. The van der Waals surface area contributed by atoms with Gasteiger partial charge in [0, 0.05) is 5.39 Å². The summed E-state index contributed by atoms with van der Waals surface area (Å²) in [6.45, 7) is 0. The Morgan fingerprint density at radius 3 is 3.07 bits per heavy atom. The first kappa shape index (κ1) is 8.29. The van der Waals surface area contributed by atoms with E-state index in [1.165, 1.54) is 0 Å². The van der Waals surface area contributed by atoms with E-state index < -0.39 is 5.63 Å². The molecule has 0 fully saturated rings. The van der Waals surface area contributed by atoms with Gasteiger partial charge in [0.05, 0.1) is 10.9 Å². The molecule has 15 heavy (non-hydrogen) atoms. The fraction of sp³-hybridized carbons (Fsp3) is 0.0833. The van der Waals surface area contributed by atoms with Crippen molar-refractivity contribution in [2.45, 2.75) is 6.42 Å². The molecule has 74 valence electrons. The highest BCUT2D eigenvalue weighted by Crippen LogP contribution is 2.31. The van der Waals surface area contributed by atoms with Gasteiger partial charge in [-0.25, -0.2) is 4.79 Å². The van der Waals surface area contributed by atoms with E-state index in [2.05, 4.69) is 0 Å². The van der Waals surface area contributed by atoms with Gasteiger partial charge in [0.2, 0.25) is 0 Å². The van der Waals surface area contributed by atoms with Crippen molar-refractivity contribution in [3.8, 4) is 5.95 Å². The standard InChI is InChI=1S/C12H8O3/c13-11-8-5-1-3-7-4-2-6-9(10(7)8)12(14)15-11/h1-3,5-6,14H,4H2. The quantitative estimate of drug-likeness (QED) is 0.708. The molecule has 1 heterocycles. The lowest BCUT2D eigenvalue weighted by Gasteiger charge is -2.11. The summed E-state index contributed by atoms with van der Waals surface area (Å²) < 4.78 is 4.75. The molecule has 0 amide bonds. The topological polar surface area (TPSA) is 50.4 Å². The summed E-state index contributed by atoms with van der Waals surface area (Å²) in [5.74, 6) is -0.295. The average Bonchev–Trinajstić information content (AvgIpc) is 2.25. The maximum absolute atomic E-state index is 11.5. The lowest BCUT2D eigenvalue weighted by molar-refractivity contribution is 0.312. The highest BCUT2D eigenvalue weighted by molar-refractivity contribution is 5.95. The lowest BCUT2D eigenvalue weighted by Crippen LogP contribution is -2.04. The van der Waals surface area contributed by atoms with Crippen molar-refractivity contribution < 1.29 is 9.52 Å². The predicted octanol–water partition coefficient (Wildman–Crippen LogP) is 2.07. The summed E-state index contributed by atoms with van der Waals surface area (Å²) in [6.07, 6.45) is 4.51. The molecule has 1 aliphatic carbocycles. The van der Waals surface area contributed by atoms with E-state index in [1.54, 1.807) is 12.1 Å². The van der Waals surface area contributed by atoms with Crippen molar-refractivity contribution in [1.29, 1.82) is 0 Å². The van der Waals surface area contributed by atoms with Crippen molar-refractivity contribution in [2.24, 2.45) is 0 Å². The van der Waals surface area contributed by atoms with E-state index in [9.17, 15) is 9.90 Å². The molecular weight excluding hydrogens is 192 g/mol. The van der Waals surface area contributed by atoms with E-state index >= 15 is 0 Å². The number of allylic oxidation sites excluding steroid dienone is 1. The molecule has 3 rings (SSSR count). The van der Waals surface area contributed by atoms with Crippen LogP contribution in [0.5, 0.6) is 5.95 Å². The Bertz CT molecular complexity index is 635. The van der Waals surface area contributed by atoms with Crippen LogP contribution in [0.2, 0.25) is 0 Å². The third-order valence-electron chi connectivity index (χ3n) is 2.68. The van der Waals surface area contributed by atoms with Crippen molar-refractivity contribution in [3.05, 3.63) is 45.8 Å². The maximum Gasteiger partial charge on any atom is 0.346 e. The van der Waals surface area contributed by atoms with Crippen LogP contribution in [0.1, 0.15) is 11.1 Å². The molecular formula is C12H8O3. The van der Waals surface area contributed by atoms with E-state index in [1.807, 2.05) is 18.2 Å². The van der Waals surface area contributed by atoms with Gasteiger partial charge < -0.3 is 9.52 Å². The van der Waals surface area contributed by atoms with Gasteiger partial charge >= 0.3 is 5.63 Å². The number of hydrogen-bond acceptors (Lipinski definition) is 3. The second kappa shape index (κ2) is 2.73. The first-order chi connectivity index (χ1) is 7.27. The Morgan fingerprint density at radius 2 is 2.20 bits per heavy atom. The predicted molar refractivity (Wildman–Crippen MR) is 56.9 cm³/mol. The summed E-state index contributed by atoms with van der Waals surface area (Å²) in [7, 11) is 0. The van der Waals surface area contributed by atoms with Crippen LogP contribution in [-0.2, 0) is 6.42 Å². The van der Waals surface area contributed by atoms with Gasteiger partial charge in [0.25, 0.3) is 5.95 Å². The Morgan fingerprint density at radius 1 is 1.33 bits per heavy atom. The first-order valence-corrected chi connectivity index (χ1v) is 4.71. The fourth-order valence-electron chi connectivity index (χ4n) is 2.02. The summed E-state index contributed by atoms with van der Waals surface area (Å²) in [6, 6.07) is 5.50. The number of benzene rings is 1. The van der Waals surface area contributed by atoms with Crippen LogP contribution in [-0.4, -0.2) is 5.11 Å².